The first-order valence-electron chi connectivity index (χ1n) is 4.12. The van der Waals surface area contributed by atoms with Crippen molar-refractivity contribution in [2.75, 3.05) is 5.73 Å². The summed E-state index contributed by atoms with van der Waals surface area (Å²) in [6.07, 6.45) is 0. The van der Waals surface area contributed by atoms with Gasteiger partial charge >= 0.3 is 0 Å². The lowest BCUT2D eigenvalue weighted by Gasteiger charge is -2.18. The summed E-state index contributed by atoms with van der Waals surface area (Å²) in [7, 11) is 0. The summed E-state index contributed by atoms with van der Waals surface area (Å²) in [6.45, 7) is 6.47. The van der Waals surface area contributed by atoms with Crippen LogP contribution in [0.1, 0.15) is 20.8 Å². The van der Waals surface area contributed by atoms with Gasteiger partial charge in [0, 0.05) is 15.3 Å². The molecule has 1 aromatic rings. The van der Waals surface area contributed by atoms with Crippen LogP contribution in [0.4, 0.5) is 5.69 Å². The van der Waals surface area contributed by atoms with Gasteiger partial charge in [0.15, 0.2) is 0 Å². The highest BCUT2D eigenvalue weighted by Gasteiger charge is 2.13. The molecule has 0 saturated carbocycles. The van der Waals surface area contributed by atoms with Crippen molar-refractivity contribution in [3.05, 3.63) is 23.2 Å². The molecule has 0 aromatic heterocycles. The van der Waals surface area contributed by atoms with E-state index in [4.69, 9.17) is 17.3 Å². The van der Waals surface area contributed by atoms with Crippen molar-refractivity contribution < 1.29 is 0 Å². The summed E-state index contributed by atoms with van der Waals surface area (Å²) < 4.78 is 0.180. The zero-order valence-electron chi connectivity index (χ0n) is 8.10. The molecular formula is C10H14ClNS. The summed E-state index contributed by atoms with van der Waals surface area (Å²) in [5.74, 6) is 0. The Kier molecular flexibility index (Phi) is 3.14. The summed E-state index contributed by atoms with van der Waals surface area (Å²) in [5.41, 5.74) is 6.31. The SMILES string of the molecule is CC(C)(C)Sc1ccc(N)cc1Cl. The molecule has 0 amide bonds. The molecule has 1 rings (SSSR count). The van der Waals surface area contributed by atoms with Gasteiger partial charge < -0.3 is 5.73 Å². The largest absolute Gasteiger partial charge is 0.399 e. The van der Waals surface area contributed by atoms with Crippen LogP contribution in [-0.2, 0) is 0 Å². The maximum absolute atomic E-state index is 6.03. The van der Waals surface area contributed by atoms with Gasteiger partial charge in [-0.3, -0.25) is 0 Å². The molecular weight excluding hydrogens is 202 g/mol. The van der Waals surface area contributed by atoms with E-state index in [1.165, 1.54) is 0 Å². The summed E-state index contributed by atoms with van der Waals surface area (Å²) >= 11 is 7.78. The van der Waals surface area contributed by atoms with E-state index in [0.717, 1.165) is 9.92 Å². The van der Waals surface area contributed by atoms with E-state index >= 15 is 0 Å². The standard InChI is InChI=1S/C10H14ClNS/c1-10(2,3)13-9-5-4-7(12)6-8(9)11/h4-6H,12H2,1-3H3. The molecule has 1 aromatic carbocycles. The number of thioether (sulfide) groups is 1. The molecule has 0 aliphatic rings. The van der Waals surface area contributed by atoms with Crippen LogP contribution in [-0.4, -0.2) is 4.75 Å². The Morgan fingerprint density at radius 2 is 1.92 bits per heavy atom. The Bertz CT molecular complexity index is 304. The Morgan fingerprint density at radius 3 is 2.38 bits per heavy atom. The van der Waals surface area contributed by atoms with Crippen molar-refractivity contribution in [1.82, 2.24) is 0 Å². The molecule has 1 nitrogen and oxygen atoms in total. The van der Waals surface area contributed by atoms with E-state index in [-0.39, 0.29) is 4.75 Å². The third-order valence-corrected chi connectivity index (χ3v) is 2.99. The fourth-order valence-electron chi connectivity index (χ4n) is 0.930. The van der Waals surface area contributed by atoms with E-state index in [9.17, 15) is 0 Å². The molecule has 0 fully saturated rings. The van der Waals surface area contributed by atoms with Crippen LogP contribution in [0.5, 0.6) is 0 Å². The number of rotatable bonds is 1. The van der Waals surface area contributed by atoms with Crippen LogP contribution in [0, 0.1) is 0 Å². The Labute approximate surface area is 88.7 Å². The van der Waals surface area contributed by atoms with Crippen molar-refractivity contribution in [2.24, 2.45) is 0 Å². The number of hydrogen-bond acceptors (Lipinski definition) is 2. The predicted octanol–water partition coefficient (Wildman–Crippen LogP) is 3.81. The van der Waals surface area contributed by atoms with Crippen LogP contribution in [0.15, 0.2) is 23.1 Å². The highest BCUT2D eigenvalue weighted by atomic mass is 35.5. The van der Waals surface area contributed by atoms with E-state index in [1.54, 1.807) is 17.8 Å². The Balaban J connectivity index is 2.90. The lowest BCUT2D eigenvalue weighted by atomic mass is 10.3. The Hall–Kier alpha value is -0.340. The molecule has 0 atom stereocenters. The quantitative estimate of drug-likeness (QED) is 0.570. The average Bonchev–Trinajstić information content (AvgIpc) is 1.93. The van der Waals surface area contributed by atoms with Gasteiger partial charge in [-0.1, -0.05) is 32.4 Å². The number of nitrogen functional groups attached to an aromatic ring is 1. The number of benzene rings is 1. The van der Waals surface area contributed by atoms with Gasteiger partial charge in [0.05, 0.1) is 5.02 Å². The van der Waals surface area contributed by atoms with Crippen LogP contribution < -0.4 is 5.73 Å². The normalized spacial score (nSPS) is 11.7. The lowest BCUT2D eigenvalue weighted by Crippen LogP contribution is -2.06. The Morgan fingerprint density at radius 1 is 1.31 bits per heavy atom. The molecule has 0 spiro atoms. The van der Waals surface area contributed by atoms with Crippen LogP contribution in [0.25, 0.3) is 0 Å². The summed E-state index contributed by atoms with van der Waals surface area (Å²) in [6, 6.07) is 5.63. The van der Waals surface area contributed by atoms with Crippen molar-refractivity contribution in [1.29, 1.82) is 0 Å². The van der Waals surface area contributed by atoms with Gasteiger partial charge in [0.1, 0.15) is 0 Å². The summed E-state index contributed by atoms with van der Waals surface area (Å²) in [5, 5.41) is 0.736. The van der Waals surface area contributed by atoms with Crippen molar-refractivity contribution in [3.63, 3.8) is 0 Å². The van der Waals surface area contributed by atoms with Gasteiger partial charge in [-0.25, -0.2) is 0 Å². The fraction of sp³-hybridized carbons (Fsp3) is 0.400. The second-order valence-corrected chi connectivity index (χ2v) is 6.18. The van der Waals surface area contributed by atoms with Crippen molar-refractivity contribution >= 4 is 29.1 Å². The van der Waals surface area contributed by atoms with Crippen LogP contribution >= 0.6 is 23.4 Å². The van der Waals surface area contributed by atoms with Crippen molar-refractivity contribution in [3.8, 4) is 0 Å². The summed E-state index contributed by atoms with van der Waals surface area (Å²) in [4.78, 5) is 1.09. The van der Waals surface area contributed by atoms with Crippen molar-refractivity contribution in [2.45, 2.75) is 30.4 Å². The van der Waals surface area contributed by atoms with E-state index in [0.29, 0.717) is 5.69 Å². The third kappa shape index (κ3) is 3.49. The molecule has 0 aliphatic carbocycles. The predicted molar refractivity (Wildman–Crippen MR) is 61.5 cm³/mol. The zero-order chi connectivity index (χ0) is 10.1. The highest BCUT2D eigenvalue weighted by molar-refractivity contribution is 8.00. The first-order chi connectivity index (χ1) is 5.88. The molecule has 0 bridgehead atoms. The van der Waals surface area contributed by atoms with Gasteiger partial charge in [0.2, 0.25) is 0 Å². The minimum absolute atomic E-state index is 0.180. The molecule has 0 aliphatic heterocycles. The maximum atomic E-state index is 6.03. The molecule has 0 heterocycles. The van der Waals surface area contributed by atoms with Crippen LogP contribution in [0.3, 0.4) is 0 Å². The topological polar surface area (TPSA) is 26.0 Å². The third-order valence-electron chi connectivity index (χ3n) is 1.37. The molecule has 3 heteroatoms. The van der Waals surface area contributed by atoms with Gasteiger partial charge in [0.25, 0.3) is 0 Å². The first kappa shape index (κ1) is 10.7. The second kappa shape index (κ2) is 3.81. The average molecular weight is 216 g/mol. The molecule has 72 valence electrons. The van der Waals surface area contributed by atoms with E-state index < -0.39 is 0 Å². The second-order valence-electron chi connectivity index (χ2n) is 3.90. The maximum Gasteiger partial charge on any atom is 0.0562 e. The highest BCUT2D eigenvalue weighted by Crippen LogP contribution is 2.36. The fourth-order valence-corrected chi connectivity index (χ4v) is 2.19. The van der Waals surface area contributed by atoms with Crippen LogP contribution in [0.2, 0.25) is 5.02 Å². The minimum atomic E-state index is 0.180. The van der Waals surface area contributed by atoms with E-state index in [1.807, 2.05) is 12.1 Å². The molecule has 13 heavy (non-hydrogen) atoms. The first-order valence-corrected chi connectivity index (χ1v) is 5.32. The number of hydrogen-bond donors (Lipinski definition) is 1. The smallest absolute Gasteiger partial charge is 0.0562 e. The minimum Gasteiger partial charge on any atom is -0.399 e. The van der Waals surface area contributed by atoms with Gasteiger partial charge in [-0.05, 0) is 18.2 Å². The number of halogens is 1. The monoisotopic (exact) mass is 215 g/mol. The number of nitrogens with two attached hydrogens (primary N) is 1. The zero-order valence-corrected chi connectivity index (χ0v) is 9.67. The molecule has 0 unspecified atom stereocenters. The van der Waals surface area contributed by atoms with Gasteiger partial charge in [-0.15, -0.1) is 11.8 Å². The number of anilines is 1. The van der Waals surface area contributed by atoms with E-state index in [2.05, 4.69) is 20.8 Å². The lowest BCUT2D eigenvalue weighted by molar-refractivity contribution is 0.803. The molecule has 0 saturated heterocycles. The molecule has 0 radical (unpaired) electrons. The molecule has 2 N–H and O–H groups in total. The van der Waals surface area contributed by atoms with Gasteiger partial charge in [-0.2, -0.15) is 0 Å².